The number of benzene rings is 2. The number of aryl methyl sites for hydroxylation is 4. The van der Waals surface area contributed by atoms with E-state index in [4.69, 9.17) is 0 Å². The van der Waals surface area contributed by atoms with Crippen molar-refractivity contribution in [3.63, 3.8) is 0 Å². The largest absolute Gasteiger partial charge is 0.288 e. The molecule has 0 aliphatic heterocycles. The van der Waals surface area contributed by atoms with Crippen molar-refractivity contribution in [2.75, 3.05) is 0 Å². The Bertz CT molecular complexity index is 613. The Morgan fingerprint density at radius 2 is 1.47 bits per heavy atom. The van der Waals surface area contributed by atoms with Gasteiger partial charge in [-0.15, -0.1) is 0 Å². The van der Waals surface area contributed by atoms with Gasteiger partial charge in [0.1, 0.15) is 5.82 Å². The summed E-state index contributed by atoms with van der Waals surface area (Å²) in [5, 5.41) is 0. The van der Waals surface area contributed by atoms with Crippen LogP contribution in [0.2, 0.25) is 0 Å². The molecule has 19 heavy (non-hydrogen) atoms. The molecule has 2 aromatic rings. The Balaban J connectivity index is 2.64. The van der Waals surface area contributed by atoms with Crippen molar-refractivity contribution in [3.05, 3.63) is 69.5 Å². The zero-order valence-corrected chi connectivity index (χ0v) is 11.7. The van der Waals surface area contributed by atoms with Crippen molar-refractivity contribution in [3.8, 4) is 0 Å². The lowest BCUT2D eigenvalue weighted by Gasteiger charge is -2.12. The van der Waals surface area contributed by atoms with Crippen molar-refractivity contribution < 1.29 is 9.18 Å². The maximum atomic E-state index is 14.1. The molecule has 2 rings (SSSR count). The summed E-state index contributed by atoms with van der Waals surface area (Å²) in [5.41, 5.74) is 4.06. The van der Waals surface area contributed by atoms with Crippen LogP contribution in [0.3, 0.4) is 0 Å². The van der Waals surface area contributed by atoms with Crippen molar-refractivity contribution in [1.29, 1.82) is 0 Å². The Morgan fingerprint density at radius 3 is 2.00 bits per heavy atom. The van der Waals surface area contributed by atoms with Crippen LogP contribution in [-0.4, -0.2) is 5.78 Å². The van der Waals surface area contributed by atoms with Crippen molar-refractivity contribution in [1.82, 2.24) is 0 Å². The molecule has 0 fully saturated rings. The highest BCUT2D eigenvalue weighted by Crippen LogP contribution is 2.23. The highest BCUT2D eigenvalue weighted by atomic mass is 19.1. The molecule has 0 N–H and O–H groups in total. The standard InChI is InChI=1S/C17H17FO/c1-10-8-13(4)16(14(18)9-10)17(19)15-11(2)6-5-7-12(15)3/h5-9H,1-4H3. The van der Waals surface area contributed by atoms with E-state index in [0.29, 0.717) is 11.1 Å². The highest BCUT2D eigenvalue weighted by Gasteiger charge is 2.20. The van der Waals surface area contributed by atoms with Crippen LogP contribution in [0.5, 0.6) is 0 Å². The second-order valence-corrected chi connectivity index (χ2v) is 5.03. The minimum Gasteiger partial charge on any atom is -0.288 e. The van der Waals surface area contributed by atoms with E-state index in [1.807, 2.05) is 45.0 Å². The van der Waals surface area contributed by atoms with Gasteiger partial charge < -0.3 is 0 Å². The van der Waals surface area contributed by atoms with Gasteiger partial charge in [0.15, 0.2) is 5.78 Å². The Kier molecular flexibility index (Phi) is 3.52. The molecular formula is C17H17FO. The van der Waals surface area contributed by atoms with E-state index in [1.54, 1.807) is 6.92 Å². The molecule has 0 spiro atoms. The third kappa shape index (κ3) is 2.43. The lowest BCUT2D eigenvalue weighted by Crippen LogP contribution is -2.10. The number of hydrogen-bond donors (Lipinski definition) is 0. The van der Waals surface area contributed by atoms with Gasteiger partial charge in [-0.05, 0) is 56.0 Å². The van der Waals surface area contributed by atoms with Crippen LogP contribution >= 0.6 is 0 Å². The fourth-order valence-corrected chi connectivity index (χ4v) is 2.50. The molecule has 0 amide bonds. The summed E-state index contributed by atoms with van der Waals surface area (Å²) in [7, 11) is 0. The van der Waals surface area contributed by atoms with Gasteiger partial charge in [-0.25, -0.2) is 4.39 Å². The molecule has 0 unspecified atom stereocenters. The van der Waals surface area contributed by atoms with Gasteiger partial charge in [-0.1, -0.05) is 24.3 Å². The summed E-state index contributed by atoms with van der Waals surface area (Å²) in [6, 6.07) is 8.90. The van der Waals surface area contributed by atoms with E-state index in [1.165, 1.54) is 6.07 Å². The minimum atomic E-state index is -0.440. The Hall–Kier alpha value is -1.96. The quantitative estimate of drug-likeness (QED) is 0.732. The smallest absolute Gasteiger partial charge is 0.196 e. The molecule has 1 nitrogen and oxygen atoms in total. The Morgan fingerprint density at radius 1 is 0.895 bits per heavy atom. The molecule has 0 aromatic heterocycles. The van der Waals surface area contributed by atoms with Gasteiger partial charge in [0.25, 0.3) is 0 Å². The molecule has 98 valence electrons. The normalized spacial score (nSPS) is 10.6. The molecule has 2 aromatic carbocycles. The number of rotatable bonds is 2. The van der Waals surface area contributed by atoms with Gasteiger partial charge >= 0.3 is 0 Å². The molecule has 0 heterocycles. The number of ketones is 1. The zero-order chi connectivity index (χ0) is 14.2. The first kappa shape index (κ1) is 13.5. The molecule has 0 atom stereocenters. The van der Waals surface area contributed by atoms with E-state index in [-0.39, 0.29) is 11.3 Å². The first-order chi connectivity index (χ1) is 8.91. The van der Waals surface area contributed by atoms with Crippen molar-refractivity contribution >= 4 is 5.78 Å². The van der Waals surface area contributed by atoms with Crippen LogP contribution in [-0.2, 0) is 0 Å². The van der Waals surface area contributed by atoms with E-state index >= 15 is 0 Å². The monoisotopic (exact) mass is 256 g/mol. The molecule has 0 aliphatic carbocycles. The maximum absolute atomic E-state index is 14.1. The first-order valence-electron chi connectivity index (χ1n) is 6.29. The summed E-state index contributed by atoms with van der Waals surface area (Å²) >= 11 is 0. The molecule has 0 saturated heterocycles. The van der Waals surface area contributed by atoms with Crippen LogP contribution in [0.1, 0.15) is 38.2 Å². The van der Waals surface area contributed by atoms with Crippen LogP contribution < -0.4 is 0 Å². The molecule has 2 heteroatoms. The first-order valence-corrected chi connectivity index (χ1v) is 6.29. The minimum absolute atomic E-state index is 0.183. The Labute approximate surface area is 113 Å². The van der Waals surface area contributed by atoms with Crippen LogP contribution in [0.4, 0.5) is 4.39 Å². The predicted molar refractivity (Wildman–Crippen MR) is 75.2 cm³/mol. The number of hydrogen-bond acceptors (Lipinski definition) is 1. The zero-order valence-electron chi connectivity index (χ0n) is 11.7. The molecule has 0 aliphatic rings. The van der Waals surface area contributed by atoms with Crippen molar-refractivity contribution in [2.45, 2.75) is 27.7 Å². The number of halogens is 1. The molecular weight excluding hydrogens is 239 g/mol. The third-order valence-electron chi connectivity index (χ3n) is 3.37. The van der Waals surface area contributed by atoms with Crippen LogP contribution in [0, 0.1) is 33.5 Å². The molecule has 0 radical (unpaired) electrons. The summed E-state index contributed by atoms with van der Waals surface area (Å²) in [6.45, 7) is 7.35. The van der Waals surface area contributed by atoms with Crippen LogP contribution in [0.15, 0.2) is 30.3 Å². The van der Waals surface area contributed by atoms with E-state index in [9.17, 15) is 9.18 Å². The van der Waals surface area contributed by atoms with Crippen molar-refractivity contribution in [2.24, 2.45) is 0 Å². The van der Waals surface area contributed by atoms with Gasteiger partial charge in [-0.2, -0.15) is 0 Å². The second-order valence-electron chi connectivity index (χ2n) is 5.03. The second kappa shape index (κ2) is 4.96. The SMILES string of the molecule is Cc1cc(C)c(C(=O)c2c(C)cccc2C)c(F)c1. The van der Waals surface area contributed by atoms with Crippen LogP contribution in [0.25, 0.3) is 0 Å². The topological polar surface area (TPSA) is 17.1 Å². The van der Waals surface area contributed by atoms with E-state index in [2.05, 4.69) is 0 Å². The van der Waals surface area contributed by atoms with Gasteiger partial charge in [0.2, 0.25) is 0 Å². The number of carbonyl (C=O) groups excluding carboxylic acids is 1. The summed E-state index contributed by atoms with van der Waals surface area (Å²) < 4.78 is 14.1. The van der Waals surface area contributed by atoms with E-state index in [0.717, 1.165) is 16.7 Å². The summed E-state index contributed by atoms with van der Waals surface area (Å²) in [4.78, 5) is 12.6. The highest BCUT2D eigenvalue weighted by molar-refractivity contribution is 6.11. The lowest BCUT2D eigenvalue weighted by atomic mass is 9.92. The van der Waals surface area contributed by atoms with Gasteiger partial charge in [-0.3, -0.25) is 4.79 Å². The third-order valence-corrected chi connectivity index (χ3v) is 3.37. The lowest BCUT2D eigenvalue weighted by molar-refractivity contribution is 0.103. The average molecular weight is 256 g/mol. The average Bonchev–Trinajstić information content (AvgIpc) is 2.26. The number of carbonyl (C=O) groups is 1. The van der Waals surface area contributed by atoms with E-state index < -0.39 is 5.82 Å². The summed E-state index contributed by atoms with van der Waals surface area (Å²) in [5.74, 6) is -0.671. The van der Waals surface area contributed by atoms with Gasteiger partial charge in [0, 0.05) is 5.56 Å². The fraction of sp³-hybridized carbons (Fsp3) is 0.235. The molecule has 0 bridgehead atoms. The molecule has 0 saturated carbocycles. The summed E-state index contributed by atoms with van der Waals surface area (Å²) in [6.07, 6.45) is 0. The predicted octanol–water partition coefficient (Wildman–Crippen LogP) is 4.29. The van der Waals surface area contributed by atoms with Gasteiger partial charge in [0.05, 0.1) is 5.56 Å². The fourth-order valence-electron chi connectivity index (χ4n) is 2.50. The maximum Gasteiger partial charge on any atom is 0.196 e.